The molecule has 0 bridgehead atoms. The number of carboxylic acids is 1. The van der Waals surface area contributed by atoms with Gasteiger partial charge in [-0.2, -0.15) is 0 Å². The monoisotopic (exact) mass is 291 g/mol. The summed E-state index contributed by atoms with van der Waals surface area (Å²) < 4.78 is 0. The summed E-state index contributed by atoms with van der Waals surface area (Å²) in [6.45, 7) is 2.07. The summed E-state index contributed by atoms with van der Waals surface area (Å²) >= 11 is 0. The van der Waals surface area contributed by atoms with Crippen molar-refractivity contribution in [2.75, 3.05) is 5.32 Å². The van der Waals surface area contributed by atoms with E-state index in [9.17, 15) is 9.59 Å². The molecule has 114 valence electrons. The topological polar surface area (TPSA) is 91.3 Å². The van der Waals surface area contributed by atoms with Crippen molar-refractivity contribution in [2.45, 2.75) is 51.0 Å². The van der Waals surface area contributed by atoms with Gasteiger partial charge in [-0.05, 0) is 31.9 Å². The van der Waals surface area contributed by atoms with Gasteiger partial charge in [0.15, 0.2) is 0 Å². The maximum atomic E-state index is 12.0. The third kappa shape index (κ3) is 4.73. The maximum Gasteiger partial charge on any atom is 0.319 e. The minimum Gasteiger partial charge on any atom is -0.481 e. The molecule has 1 aromatic rings. The Morgan fingerprint density at radius 2 is 2.00 bits per heavy atom. The van der Waals surface area contributed by atoms with Crippen LogP contribution in [-0.4, -0.2) is 27.6 Å². The molecule has 1 fully saturated rings. The molecule has 1 aliphatic rings. The molecule has 21 heavy (non-hydrogen) atoms. The number of carboxylic acid groups (broad SMARTS) is 1. The first-order valence-electron chi connectivity index (χ1n) is 7.23. The molecule has 0 saturated heterocycles. The molecule has 0 spiro atoms. The normalized spacial score (nSPS) is 17.0. The predicted octanol–water partition coefficient (Wildman–Crippen LogP) is 2.55. The van der Waals surface area contributed by atoms with E-state index >= 15 is 0 Å². The molecule has 1 aromatic heterocycles. The van der Waals surface area contributed by atoms with Gasteiger partial charge in [-0.25, -0.2) is 4.79 Å². The number of nitrogens with one attached hydrogen (secondary N) is 2. The van der Waals surface area contributed by atoms with Gasteiger partial charge in [0.25, 0.3) is 0 Å². The Morgan fingerprint density at radius 3 is 2.57 bits per heavy atom. The number of urea groups is 1. The lowest BCUT2D eigenvalue weighted by Gasteiger charge is -2.34. The molecule has 2 rings (SSSR count). The highest BCUT2D eigenvalue weighted by Gasteiger charge is 2.28. The fraction of sp³-hybridized carbons (Fsp3) is 0.533. The van der Waals surface area contributed by atoms with Crippen molar-refractivity contribution >= 4 is 17.7 Å². The molecule has 6 heteroatoms. The van der Waals surface area contributed by atoms with Crippen LogP contribution in [-0.2, 0) is 11.2 Å². The van der Waals surface area contributed by atoms with Crippen LogP contribution in [0.1, 0.15) is 44.7 Å². The van der Waals surface area contributed by atoms with Gasteiger partial charge in [-0.15, -0.1) is 0 Å². The number of aromatic nitrogens is 1. The largest absolute Gasteiger partial charge is 0.481 e. The van der Waals surface area contributed by atoms with Gasteiger partial charge in [0, 0.05) is 5.54 Å². The average Bonchev–Trinajstić information content (AvgIpc) is 2.40. The van der Waals surface area contributed by atoms with E-state index in [1.807, 2.05) is 0 Å². The number of anilines is 1. The SMILES string of the molecule is CC1(NC(=O)Nc2ccc(CC(=O)O)nc2)CCCCC1. The Labute approximate surface area is 124 Å². The second-order valence-electron chi connectivity index (χ2n) is 5.81. The Kier molecular flexibility index (Phi) is 4.77. The van der Waals surface area contributed by atoms with Crippen LogP contribution < -0.4 is 10.6 Å². The number of nitrogens with zero attached hydrogens (tertiary/aromatic N) is 1. The fourth-order valence-corrected chi connectivity index (χ4v) is 2.65. The van der Waals surface area contributed by atoms with Gasteiger partial charge in [0.05, 0.1) is 24.0 Å². The Balaban J connectivity index is 1.88. The molecular weight excluding hydrogens is 270 g/mol. The molecule has 1 heterocycles. The van der Waals surface area contributed by atoms with Crippen LogP contribution >= 0.6 is 0 Å². The third-order valence-corrected chi connectivity index (χ3v) is 3.79. The van der Waals surface area contributed by atoms with Crippen LogP contribution in [0.15, 0.2) is 18.3 Å². The zero-order valence-corrected chi connectivity index (χ0v) is 12.2. The second kappa shape index (κ2) is 6.56. The summed E-state index contributed by atoms with van der Waals surface area (Å²) in [7, 11) is 0. The number of carbonyl (C=O) groups is 2. The lowest BCUT2D eigenvalue weighted by atomic mass is 9.83. The Bertz CT molecular complexity index is 507. The van der Waals surface area contributed by atoms with Crippen LogP contribution in [0.25, 0.3) is 0 Å². The van der Waals surface area contributed by atoms with Gasteiger partial charge in [-0.3, -0.25) is 9.78 Å². The van der Waals surface area contributed by atoms with Crippen LogP contribution in [0.2, 0.25) is 0 Å². The van der Waals surface area contributed by atoms with Gasteiger partial charge < -0.3 is 15.7 Å². The minimum atomic E-state index is -0.925. The van der Waals surface area contributed by atoms with Crippen molar-refractivity contribution in [3.05, 3.63) is 24.0 Å². The Morgan fingerprint density at radius 1 is 1.29 bits per heavy atom. The van der Waals surface area contributed by atoms with Gasteiger partial charge in [0.1, 0.15) is 0 Å². The summed E-state index contributed by atoms with van der Waals surface area (Å²) in [6, 6.07) is 3.02. The standard InChI is InChI=1S/C15H21N3O3/c1-15(7-3-2-4-8-15)18-14(21)17-12-6-5-11(16-10-12)9-13(19)20/h5-6,10H,2-4,7-9H2,1H3,(H,19,20)(H2,17,18,21). The minimum absolute atomic E-state index is 0.120. The molecule has 0 aromatic carbocycles. The van der Waals surface area contributed by atoms with E-state index in [1.54, 1.807) is 12.1 Å². The highest BCUT2D eigenvalue weighted by molar-refractivity contribution is 5.89. The van der Waals surface area contributed by atoms with Crippen molar-refractivity contribution in [2.24, 2.45) is 0 Å². The summed E-state index contributed by atoms with van der Waals surface area (Å²) in [4.78, 5) is 26.6. The molecule has 0 aliphatic heterocycles. The molecule has 2 amide bonds. The number of amides is 2. The molecule has 1 saturated carbocycles. The van der Waals surface area contributed by atoms with Crippen molar-refractivity contribution in [1.82, 2.24) is 10.3 Å². The van der Waals surface area contributed by atoms with Crippen molar-refractivity contribution in [3.63, 3.8) is 0 Å². The highest BCUT2D eigenvalue weighted by Crippen LogP contribution is 2.27. The van der Waals surface area contributed by atoms with E-state index in [0.717, 1.165) is 25.7 Å². The van der Waals surface area contributed by atoms with E-state index < -0.39 is 5.97 Å². The van der Waals surface area contributed by atoms with Gasteiger partial charge in [0.2, 0.25) is 0 Å². The van der Waals surface area contributed by atoms with Crippen LogP contribution in [0.3, 0.4) is 0 Å². The van der Waals surface area contributed by atoms with E-state index in [1.165, 1.54) is 12.6 Å². The predicted molar refractivity (Wildman–Crippen MR) is 79.2 cm³/mol. The number of carbonyl (C=O) groups excluding carboxylic acids is 1. The first-order chi connectivity index (χ1) is 9.97. The quantitative estimate of drug-likeness (QED) is 0.795. The number of rotatable bonds is 4. The number of hydrogen-bond donors (Lipinski definition) is 3. The van der Waals surface area contributed by atoms with Gasteiger partial charge in [-0.1, -0.05) is 19.3 Å². The third-order valence-electron chi connectivity index (χ3n) is 3.79. The molecular formula is C15H21N3O3. The number of hydrogen-bond acceptors (Lipinski definition) is 3. The summed E-state index contributed by atoms with van der Waals surface area (Å²) in [6.07, 6.45) is 6.86. The first-order valence-corrected chi connectivity index (χ1v) is 7.23. The lowest BCUT2D eigenvalue weighted by molar-refractivity contribution is -0.136. The number of aliphatic carboxylic acids is 1. The van der Waals surface area contributed by atoms with E-state index in [0.29, 0.717) is 11.4 Å². The van der Waals surface area contributed by atoms with Crippen LogP contribution in [0.5, 0.6) is 0 Å². The molecule has 6 nitrogen and oxygen atoms in total. The van der Waals surface area contributed by atoms with Crippen LogP contribution in [0.4, 0.5) is 10.5 Å². The highest BCUT2D eigenvalue weighted by atomic mass is 16.4. The fourth-order valence-electron chi connectivity index (χ4n) is 2.65. The summed E-state index contributed by atoms with van der Waals surface area (Å²) in [5.41, 5.74) is 0.882. The molecule has 0 radical (unpaired) electrons. The average molecular weight is 291 g/mol. The van der Waals surface area contributed by atoms with Gasteiger partial charge >= 0.3 is 12.0 Å². The van der Waals surface area contributed by atoms with Crippen LogP contribution in [0, 0.1) is 0 Å². The number of pyridine rings is 1. The molecule has 0 unspecified atom stereocenters. The smallest absolute Gasteiger partial charge is 0.319 e. The first kappa shape index (κ1) is 15.3. The van der Waals surface area contributed by atoms with E-state index in [-0.39, 0.29) is 18.0 Å². The molecule has 0 atom stereocenters. The van der Waals surface area contributed by atoms with E-state index in [2.05, 4.69) is 22.5 Å². The Hall–Kier alpha value is -2.11. The summed E-state index contributed by atoms with van der Waals surface area (Å²) in [5.74, 6) is -0.925. The van der Waals surface area contributed by atoms with Crippen molar-refractivity contribution in [3.8, 4) is 0 Å². The van der Waals surface area contributed by atoms with Crippen molar-refractivity contribution < 1.29 is 14.7 Å². The summed E-state index contributed by atoms with van der Waals surface area (Å²) in [5, 5.41) is 14.4. The second-order valence-corrected chi connectivity index (χ2v) is 5.81. The van der Waals surface area contributed by atoms with E-state index in [4.69, 9.17) is 5.11 Å². The molecule has 1 aliphatic carbocycles. The van der Waals surface area contributed by atoms with Crippen molar-refractivity contribution in [1.29, 1.82) is 0 Å². The lowest BCUT2D eigenvalue weighted by Crippen LogP contribution is -2.48. The molecule has 3 N–H and O–H groups in total. The maximum absolute atomic E-state index is 12.0. The zero-order chi connectivity index (χ0) is 15.3. The zero-order valence-electron chi connectivity index (χ0n) is 12.2.